The molecule has 1 aromatic heterocycles. The van der Waals surface area contributed by atoms with Crippen LogP contribution in [-0.4, -0.2) is 100 Å². The van der Waals surface area contributed by atoms with Crippen LogP contribution in [0.2, 0.25) is 0 Å². The van der Waals surface area contributed by atoms with Gasteiger partial charge < -0.3 is 41.6 Å². The second-order valence-corrected chi connectivity index (χ2v) is 11.7. The van der Waals surface area contributed by atoms with E-state index in [0.29, 0.717) is 0 Å². The molecule has 4 rings (SSSR count). The predicted octanol–water partition coefficient (Wildman–Crippen LogP) is -0.310. The number of aromatic hydroxyl groups is 2. The van der Waals surface area contributed by atoms with Gasteiger partial charge in [-0.05, 0) is 31.6 Å². The molecule has 0 radical (unpaired) electrons. The van der Waals surface area contributed by atoms with Crippen molar-refractivity contribution < 1.29 is 54.4 Å². The molecule has 44 heavy (non-hydrogen) atoms. The second-order valence-electron chi connectivity index (χ2n) is 9.72. The number of nitrogens with one attached hydrogen (secondary N) is 3. The zero-order valence-electron chi connectivity index (χ0n) is 22.7. The average molecular weight is 652 g/mol. The van der Waals surface area contributed by atoms with Crippen molar-refractivity contribution >= 4 is 69.3 Å². The van der Waals surface area contributed by atoms with E-state index in [2.05, 4.69) is 20.8 Å². The van der Waals surface area contributed by atoms with Gasteiger partial charge in [-0.15, -0.1) is 23.1 Å². The third-order valence-corrected chi connectivity index (χ3v) is 8.34. The van der Waals surface area contributed by atoms with Crippen LogP contribution in [0.15, 0.2) is 33.9 Å². The minimum atomic E-state index is -1.82. The molecule has 0 aliphatic carbocycles. The normalized spacial score (nSPS) is 18.2. The molecular formula is C24H25N7O11S2. The number of thiazole rings is 1. The van der Waals surface area contributed by atoms with E-state index in [1.54, 1.807) is 5.48 Å². The number of fused-ring (bicyclic) bond motifs is 1. The lowest BCUT2D eigenvalue weighted by Crippen LogP contribution is -2.71. The fourth-order valence-electron chi connectivity index (χ4n) is 3.95. The standard InChI is InChI=1S/C24H25N7O11S2/c1-24(2,22(39)40)42-30-13(11-7-44-23(25)27-11)18(35)28-14-19(36)31-15(21(37)38)9(6-43-20(14)31)5-26-17(34)8-3-10(29-41)16(33)12(32)4-8/h3-4,7,14,20,29,32-33,41H,5-6H2,1-2H3,(H2,25,27)(H,26,34)(H,28,35)(H,37,38)(H,39,40)/t14?,20-/m0/s1. The van der Waals surface area contributed by atoms with E-state index in [9.17, 15) is 44.4 Å². The van der Waals surface area contributed by atoms with Crippen LogP contribution < -0.4 is 21.8 Å². The second kappa shape index (κ2) is 12.3. The van der Waals surface area contributed by atoms with Crippen LogP contribution in [0, 0.1) is 0 Å². The summed E-state index contributed by atoms with van der Waals surface area (Å²) in [5.74, 6) is -6.70. The molecule has 18 nitrogen and oxygen atoms in total. The number of phenols is 2. The molecule has 3 heterocycles. The van der Waals surface area contributed by atoms with E-state index in [-0.39, 0.29) is 39.9 Å². The molecule has 2 aliphatic rings. The number of carbonyl (C=O) groups excluding carboxylic acids is 3. The molecule has 3 amide bonds. The van der Waals surface area contributed by atoms with Crippen molar-refractivity contribution in [1.29, 1.82) is 0 Å². The Morgan fingerprint density at radius 3 is 2.52 bits per heavy atom. The number of rotatable bonds is 11. The van der Waals surface area contributed by atoms with Crippen molar-refractivity contribution in [1.82, 2.24) is 20.5 Å². The molecular weight excluding hydrogens is 626 g/mol. The van der Waals surface area contributed by atoms with Crippen molar-refractivity contribution in [2.24, 2.45) is 5.16 Å². The zero-order valence-corrected chi connectivity index (χ0v) is 24.4. The van der Waals surface area contributed by atoms with Crippen LogP contribution in [0.3, 0.4) is 0 Å². The van der Waals surface area contributed by atoms with Gasteiger partial charge in [0.2, 0.25) is 5.60 Å². The number of phenolic OH excluding ortho intramolecular Hbond substituents is 2. The number of nitrogens with two attached hydrogens (primary N) is 1. The lowest BCUT2D eigenvalue weighted by atomic mass is 10.0. The number of aromatic nitrogens is 1. The Bertz CT molecular complexity index is 1620. The molecule has 2 aliphatic heterocycles. The van der Waals surface area contributed by atoms with Crippen molar-refractivity contribution in [3.8, 4) is 11.5 Å². The van der Waals surface area contributed by atoms with Crippen molar-refractivity contribution in [2.75, 3.05) is 23.5 Å². The number of benzene rings is 1. The number of hydrogen-bond donors (Lipinski definition) is 9. The SMILES string of the molecule is CC(C)(ON=C(C(=O)NC1C(=O)N2C(C(=O)O)=C(CNC(=O)c3cc(O)c(O)c(NO)c3)CS[C@@H]12)c1csc(N)n1)C(=O)O. The highest BCUT2D eigenvalue weighted by Crippen LogP contribution is 2.40. The maximum atomic E-state index is 13.2. The summed E-state index contributed by atoms with van der Waals surface area (Å²) in [7, 11) is 0. The Labute approximate surface area is 255 Å². The van der Waals surface area contributed by atoms with Gasteiger partial charge in [0.15, 0.2) is 22.3 Å². The maximum absolute atomic E-state index is 13.2. The van der Waals surface area contributed by atoms with Crippen LogP contribution in [0.4, 0.5) is 10.8 Å². The summed E-state index contributed by atoms with van der Waals surface area (Å²) >= 11 is 2.08. The van der Waals surface area contributed by atoms with Crippen LogP contribution in [0.1, 0.15) is 29.9 Å². The number of nitrogens with zero attached hydrogens (tertiary/aromatic N) is 3. The van der Waals surface area contributed by atoms with Gasteiger partial charge in [0.05, 0.1) is 0 Å². The molecule has 0 spiro atoms. The van der Waals surface area contributed by atoms with Crippen LogP contribution in [0.25, 0.3) is 0 Å². The third kappa shape index (κ3) is 6.16. The molecule has 20 heteroatoms. The zero-order chi connectivity index (χ0) is 32.5. The number of thioether (sulfide) groups is 1. The molecule has 234 valence electrons. The Hall–Kier alpha value is -5.08. The summed E-state index contributed by atoms with van der Waals surface area (Å²) < 4.78 is 0. The molecule has 0 saturated carbocycles. The summed E-state index contributed by atoms with van der Waals surface area (Å²) in [6.45, 7) is 2.09. The summed E-state index contributed by atoms with van der Waals surface area (Å²) in [6, 6.07) is 0.775. The first-order chi connectivity index (χ1) is 20.7. The lowest BCUT2D eigenvalue weighted by molar-refractivity contribution is -0.161. The van der Waals surface area contributed by atoms with Gasteiger partial charge in [0, 0.05) is 23.2 Å². The molecule has 1 saturated heterocycles. The number of nitrogen functional groups attached to an aromatic ring is 1. The highest BCUT2D eigenvalue weighted by Gasteiger charge is 2.54. The Morgan fingerprint density at radius 1 is 1.23 bits per heavy atom. The minimum absolute atomic E-state index is 0.0342. The van der Waals surface area contributed by atoms with Gasteiger partial charge in [0.1, 0.15) is 28.5 Å². The van der Waals surface area contributed by atoms with E-state index < -0.39 is 69.6 Å². The molecule has 2 atom stereocenters. The summed E-state index contributed by atoms with van der Waals surface area (Å²) in [4.78, 5) is 72.5. The molecule has 1 fully saturated rings. The Balaban J connectivity index is 1.50. The number of carbonyl (C=O) groups is 5. The number of carboxylic acid groups (broad SMARTS) is 2. The quantitative estimate of drug-likeness (QED) is 0.0652. The lowest BCUT2D eigenvalue weighted by Gasteiger charge is -2.49. The van der Waals surface area contributed by atoms with E-state index in [4.69, 9.17) is 15.8 Å². The first-order valence-electron chi connectivity index (χ1n) is 12.3. The first-order valence-corrected chi connectivity index (χ1v) is 14.2. The van der Waals surface area contributed by atoms with Gasteiger partial charge in [0.25, 0.3) is 17.7 Å². The largest absolute Gasteiger partial charge is 0.504 e. The number of oxime groups is 1. The predicted molar refractivity (Wildman–Crippen MR) is 153 cm³/mol. The van der Waals surface area contributed by atoms with E-state index in [1.807, 2.05) is 0 Å². The number of amides is 3. The highest BCUT2D eigenvalue weighted by molar-refractivity contribution is 8.00. The van der Waals surface area contributed by atoms with E-state index in [0.717, 1.165) is 40.1 Å². The topological polar surface area (TPSA) is 286 Å². The van der Waals surface area contributed by atoms with E-state index in [1.165, 1.54) is 19.2 Å². The van der Waals surface area contributed by atoms with Gasteiger partial charge in [-0.25, -0.2) is 14.6 Å². The van der Waals surface area contributed by atoms with Crippen molar-refractivity contribution in [3.63, 3.8) is 0 Å². The Morgan fingerprint density at radius 2 is 1.93 bits per heavy atom. The fraction of sp³-hybridized carbons (Fsp3) is 0.292. The van der Waals surface area contributed by atoms with Crippen LogP contribution >= 0.6 is 23.1 Å². The molecule has 10 N–H and O–H groups in total. The average Bonchev–Trinajstić information content (AvgIpc) is 3.40. The van der Waals surface area contributed by atoms with Crippen molar-refractivity contribution in [2.45, 2.75) is 30.9 Å². The monoisotopic (exact) mass is 651 g/mol. The number of β-lactam (4-membered cyclic amide) rings is 1. The van der Waals surface area contributed by atoms with Crippen LogP contribution in [-0.2, 0) is 24.0 Å². The molecule has 0 bridgehead atoms. The Kier molecular flexibility index (Phi) is 8.88. The van der Waals surface area contributed by atoms with Crippen LogP contribution in [0.5, 0.6) is 11.5 Å². The minimum Gasteiger partial charge on any atom is -0.504 e. The molecule has 1 unspecified atom stereocenters. The summed E-state index contributed by atoms with van der Waals surface area (Å²) in [5.41, 5.74) is 4.21. The highest BCUT2D eigenvalue weighted by atomic mass is 32.2. The van der Waals surface area contributed by atoms with Gasteiger partial charge in [-0.1, -0.05) is 5.16 Å². The van der Waals surface area contributed by atoms with Crippen molar-refractivity contribution in [3.05, 3.63) is 40.0 Å². The molecule has 2 aromatic rings. The molecule has 1 aromatic carbocycles. The van der Waals surface area contributed by atoms with E-state index >= 15 is 0 Å². The van der Waals surface area contributed by atoms with Gasteiger partial charge in [-0.2, -0.15) is 0 Å². The summed E-state index contributed by atoms with van der Waals surface area (Å²) in [5, 5.41) is 56.9. The smallest absolute Gasteiger partial charge is 0.352 e. The first kappa shape index (κ1) is 31.8. The number of hydrogen-bond acceptors (Lipinski definition) is 15. The number of anilines is 2. The summed E-state index contributed by atoms with van der Waals surface area (Å²) in [6.07, 6.45) is 0. The van der Waals surface area contributed by atoms with Gasteiger partial charge >= 0.3 is 11.9 Å². The van der Waals surface area contributed by atoms with Gasteiger partial charge in [-0.3, -0.25) is 30.0 Å². The number of aliphatic carboxylic acids is 2. The third-order valence-electron chi connectivity index (χ3n) is 6.33. The fourth-order valence-corrected chi connectivity index (χ4v) is 5.85. The number of carboxylic acids is 2. The maximum Gasteiger partial charge on any atom is 0.352 e.